The summed E-state index contributed by atoms with van der Waals surface area (Å²) in [6.07, 6.45) is -2.14. The first-order valence-corrected chi connectivity index (χ1v) is 4.59. The molecule has 0 saturated carbocycles. The van der Waals surface area contributed by atoms with Crippen LogP contribution in [0.3, 0.4) is 0 Å². The third kappa shape index (κ3) is 2.73. The van der Waals surface area contributed by atoms with E-state index in [0.29, 0.717) is 5.69 Å². The Morgan fingerprint density at radius 3 is 2.67 bits per heavy atom. The van der Waals surface area contributed by atoms with Crippen LogP contribution in [0.2, 0.25) is 0 Å². The topological polar surface area (TPSA) is 105 Å². The molecule has 6 nitrogen and oxygen atoms in total. The average molecular weight is 210 g/mol. The minimum Gasteiger partial charge on any atom is -0.390 e. The monoisotopic (exact) mass is 210 g/mol. The SMILES string of the molecule is Cc1cc(C)c(C(O)C(O)CN=[N+]=[N-])[nH]1. The van der Waals surface area contributed by atoms with Crippen molar-refractivity contribution in [3.63, 3.8) is 0 Å². The van der Waals surface area contributed by atoms with Crippen molar-refractivity contribution in [3.8, 4) is 0 Å². The van der Waals surface area contributed by atoms with Crippen molar-refractivity contribution in [1.82, 2.24) is 4.98 Å². The Morgan fingerprint density at radius 1 is 1.53 bits per heavy atom. The van der Waals surface area contributed by atoms with Gasteiger partial charge in [-0.25, -0.2) is 0 Å². The van der Waals surface area contributed by atoms with Gasteiger partial charge in [-0.2, -0.15) is 0 Å². The fourth-order valence-electron chi connectivity index (χ4n) is 1.47. The fourth-order valence-corrected chi connectivity index (χ4v) is 1.47. The van der Waals surface area contributed by atoms with Crippen LogP contribution in [0.5, 0.6) is 0 Å². The minimum absolute atomic E-state index is 0.144. The minimum atomic E-state index is -1.09. The molecule has 3 N–H and O–H groups in total. The van der Waals surface area contributed by atoms with Crippen LogP contribution in [0.25, 0.3) is 10.4 Å². The van der Waals surface area contributed by atoms with Gasteiger partial charge in [-0.05, 0) is 31.0 Å². The lowest BCUT2D eigenvalue weighted by Gasteiger charge is -2.15. The second-order valence-corrected chi connectivity index (χ2v) is 3.47. The van der Waals surface area contributed by atoms with Crippen molar-refractivity contribution >= 4 is 0 Å². The summed E-state index contributed by atoms with van der Waals surface area (Å²) in [5.74, 6) is 0. The fraction of sp³-hybridized carbons (Fsp3) is 0.556. The lowest BCUT2D eigenvalue weighted by molar-refractivity contribution is 0.0217. The molecule has 0 aliphatic rings. The largest absolute Gasteiger partial charge is 0.390 e. The summed E-state index contributed by atoms with van der Waals surface area (Å²) in [7, 11) is 0. The zero-order valence-corrected chi connectivity index (χ0v) is 8.68. The molecule has 0 bridgehead atoms. The number of aromatic nitrogens is 1. The van der Waals surface area contributed by atoms with Gasteiger partial charge in [0.15, 0.2) is 0 Å². The van der Waals surface area contributed by atoms with Gasteiger partial charge in [0, 0.05) is 16.3 Å². The summed E-state index contributed by atoms with van der Waals surface area (Å²) in [4.78, 5) is 5.48. The Labute approximate surface area is 87.2 Å². The molecule has 1 aromatic rings. The van der Waals surface area contributed by atoms with Gasteiger partial charge in [0.2, 0.25) is 0 Å². The number of aromatic amines is 1. The Hall–Kier alpha value is -1.49. The highest BCUT2D eigenvalue weighted by atomic mass is 16.3. The van der Waals surface area contributed by atoms with Crippen molar-refractivity contribution in [1.29, 1.82) is 0 Å². The Balaban J connectivity index is 2.79. The molecule has 0 fully saturated rings. The highest BCUT2D eigenvalue weighted by Crippen LogP contribution is 2.20. The molecule has 0 amide bonds. The van der Waals surface area contributed by atoms with Gasteiger partial charge >= 0.3 is 0 Å². The normalized spacial score (nSPS) is 14.4. The van der Waals surface area contributed by atoms with E-state index in [2.05, 4.69) is 15.0 Å². The molecule has 15 heavy (non-hydrogen) atoms. The molecule has 1 aromatic heterocycles. The number of nitrogens with one attached hydrogen (secondary N) is 1. The van der Waals surface area contributed by atoms with Crippen LogP contribution in [-0.4, -0.2) is 27.8 Å². The van der Waals surface area contributed by atoms with E-state index in [9.17, 15) is 10.2 Å². The van der Waals surface area contributed by atoms with Crippen molar-refractivity contribution in [2.75, 3.05) is 6.54 Å². The number of aryl methyl sites for hydroxylation is 2. The Morgan fingerprint density at radius 2 is 2.20 bits per heavy atom. The summed E-state index contributed by atoms with van der Waals surface area (Å²) >= 11 is 0. The molecule has 1 heterocycles. The molecule has 0 radical (unpaired) electrons. The number of nitrogens with zero attached hydrogens (tertiary/aromatic N) is 3. The molecule has 2 atom stereocenters. The molecule has 0 aliphatic carbocycles. The number of aliphatic hydroxyl groups is 2. The lowest BCUT2D eigenvalue weighted by Crippen LogP contribution is -2.22. The number of hydrogen-bond donors (Lipinski definition) is 3. The molecule has 2 unspecified atom stereocenters. The van der Waals surface area contributed by atoms with Crippen LogP contribution in [-0.2, 0) is 0 Å². The van der Waals surface area contributed by atoms with E-state index in [1.807, 2.05) is 19.9 Å². The van der Waals surface area contributed by atoms with Crippen molar-refractivity contribution < 1.29 is 10.2 Å². The van der Waals surface area contributed by atoms with Gasteiger partial charge in [0.1, 0.15) is 6.10 Å². The van der Waals surface area contributed by atoms with Crippen LogP contribution in [0.4, 0.5) is 0 Å². The first-order chi connectivity index (χ1) is 7.06. The summed E-state index contributed by atoms with van der Waals surface area (Å²) in [6, 6.07) is 1.87. The van der Waals surface area contributed by atoms with E-state index in [4.69, 9.17) is 5.53 Å². The second kappa shape index (κ2) is 4.84. The van der Waals surface area contributed by atoms with E-state index in [0.717, 1.165) is 11.3 Å². The van der Waals surface area contributed by atoms with Gasteiger partial charge in [-0.1, -0.05) is 5.11 Å². The lowest BCUT2D eigenvalue weighted by atomic mass is 10.1. The first kappa shape index (κ1) is 11.6. The third-order valence-electron chi connectivity index (χ3n) is 2.18. The summed E-state index contributed by atoms with van der Waals surface area (Å²) in [6.45, 7) is 3.56. The van der Waals surface area contributed by atoms with Crippen LogP contribution in [0.1, 0.15) is 23.1 Å². The molecular weight excluding hydrogens is 196 g/mol. The molecule has 0 spiro atoms. The molecule has 6 heteroatoms. The van der Waals surface area contributed by atoms with Crippen LogP contribution in [0.15, 0.2) is 11.2 Å². The number of rotatable bonds is 4. The zero-order chi connectivity index (χ0) is 11.4. The van der Waals surface area contributed by atoms with Crippen LogP contribution in [0, 0.1) is 13.8 Å². The molecule has 82 valence electrons. The van der Waals surface area contributed by atoms with E-state index >= 15 is 0 Å². The summed E-state index contributed by atoms with van der Waals surface area (Å²) in [5.41, 5.74) is 10.4. The van der Waals surface area contributed by atoms with Crippen molar-refractivity contribution in [3.05, 3.63) is 33.5 Å². The number of aliphatic hydroxyl groups excluding tert-OH is 2. The Kier molecular flexibility index (Phi) is 3.74. The average Bonchev–Trinajstić information content (AvgIpc) is 2.53. The van der Waals surface area contributed by atoms with E-state index in [1.54, 1.807) is 0 Å². The number of azide groups is 1. The van der Waals surface area contributed by atoms with E-state index in [-0.39, 0.29) is 6.54 Å². The summed E-state index contributed by atoms with van der Waals surface area (Å²) in [5, 5.41) is 22.5. The highest BCUT2D eigenvalue weighted by Gasteiger charge is 2.20. The molecule has 1 rings (SSSR count). The standard InChI is InChI=1S/C9H14N4O2/c1-5-3-6(2)12-8(5)9(15)7(14)4-11-13-10/h3,7,9,12,14-15H,4H2,1-2H3. The third-order valence-corrected chi connectivity index (χ3v) is 2.18. The van der Waals surface area contributed by atoms with E-state index in [1.165, 1.54) is 0 Å². The molecule has 0 aliphatic heterocycles. The predicted molar refractivity (Wildman–Crippen MR) is 55.2 cm³/mol. The number of H-pyrrole nitrogens is 1. The van der Waals surface area contributed by atoms with Gasteiger partial charge in [-0.3, -0.25) is 0 Å². The number of hydrogen-bond acceptors (Lipinski definition) is 3. The zero-order valence-electron chi connectivity index (χ0n) is 8.68. The van der Waals surface area contributed by atoms with E-state index < -0.39 is 12.2 Å². The quantitative estimate of drug-likeness (QED) is 0.396. The van der Waals surface area contributed by atoms with Gasteiger partial charge in [0.25, 0.3) is 0 Å². The molecule has 0 saturated heterocycles. The Bertz CT molecular complexity index is 381. The maximum Gasteiger partial charge on any atom is 0.120 e. The van der Waals surface area contributed by atoms with Gasteiger partial charge < -0.3 is 15.2 Å². The second-order valence-electron chi connectivity index (χ2n) is 3.47. The van der Waals surface area contributed by atoms with Gasteiger partial charge in [-0.15, -0.1) is 0 Å². The van der Waals surface area contributed by atoms with Crippen molar-refractivity contribution in [2.24, 2.45) is 5.11 Å². The summed E-state index contributed by atoms with van der Waals surface area (Å²) < 4.78 is 0. The maximum absolute atomic E-state index is 9.75. The smallest absolute Gasteiger partial charge is 0.120 e. The predicted octanol–water partition coefficient (Wildman–Crippen LogP) is 1.34. The van der Waals surface area contributed by atoms with Gasteiger partial charge in [0.05, 0.1) is 12.6 Å². The highest BCUT2D eigenvalue weighted by molar-refractivity contribution is 5.26. The molecule has 0 aromatic carbocycles. The van der Waals surface area contributed by atoms with Crippen molar-refractivity contribution in [2.45, 2.75) is 26.1 Å². The first-order valence-electron chi connectivity index (χ1n) is 4.59. The molecular formula is C9H14N4O2. The van der Waals surface area contributed by atoms with Crippen LogP contribution >= 0.6 is 0 Å². The maximum atomic E-state index is 9.75. The van der Waals surface area contributed by atoms with Crippen LogP contribution < -0.4 is 0 Å².